The van der Waals surface area contributed by atoms with Crippen molar-refractivity contribution in [3.8, 4) is 17.2 Å². The molecule has 1 amide bonds. The number of amides is 1. The van der Waals surface area contributed by atoms with Crippen LogP contribution in [0.15, 0.2) is 36.4 Å². The summed E-state index contributed by atoms with van der Waals surface area (Å²) < 4.78 is 24.2. The van der Waals surface area contributed by atoms with Crippen LogP contribution < -0.4 is 9.47 Å². The molecule has 0 aromatic heterocycles. The Kier molecular flexibility index (Phi) is 5.30. The first-order valence-electron chi connectivity index (χ1n) is 8.49. The summed E-state index contributed by atoms with van der Waals surface area (Å²) in [6, 6.07) is 9.71. The molecule has 1 fully saturated rings. The fourth-order valence-electron chi connectivity index (χ4n) is 3.35. The summed E-state index contributed by atoms with van der Waals surface area (Å²) in [5.74, 6) is 0.527. The van der Waals surface area contributed by atoms with Crippen LogP contribution in [0.25, 0.3) is 0 Å². The highest BCUT2D eigenvalue weighted by Crippen LogP contribution is 2.36. The zero-order chi connectivity index (χ0) is 18.7. The van der Waals surface area contributed by atoms with E-state index in [0.29, 0.717) is 18.7 Å². The predicted octanol–water partition coefficient (Wildman–Crippen LogP) is 3.11. The van der Waals surface area contributed by atoms with Gasteiger partial charge in [-0.05, 0) is 42.3 Å². The Hall–Kier alpha value is -2.76. The van der Waals surface area contributed by atoms with Gasteiger partial charge < -0.3 is 19.5 Å². The van der Waals surface area contributed by atoms with Crippen molar-refractivity contribution in [1.82, 2.24) is 4.90 Å². The highest BCUT2D eigenvalue weighted by atomic mass is 19.1. The summed E-state index contributed by atoms with van der Waals surface area (Å²) in [7, 11) is 3.25. The molecule has 0 saturated carbocycles. The quantitative estimate of drug-likeness (QED) is 0.891. The van der Waals surface area contributed by atoms with Gasteiger partial charge in [0.05, 0.1) is 20.6 Å². The van der Waals surface area contributed by atoms with E-state index in [-0.39, 0.29) is 18.2 Å². The van der Waals surface area contributed by atoms with Crippen molar-refractivity contribution in [2.75, 3.05) is 27.3 Å². The summed E-state index contributed by atoms with van der Waals surface area (Å²) in [6.45, 7) is 1.23. The van der Waals surface area contributed by atoms with E-state index in [4.69, 9.17) is 9.47 Å². The van der Waals surface area contributed by atoms with E-state index in [1.807, 2.05) is 18.2 Å². The summed E-state index contributed by atoms with van der Waals surface area (Å²) in [5.41, 5.74) is 1.57. The van der Waals surface area contributed by atoms with Gasteiger partial charge in [0.1, 0.15) is 11.5 Å². The standard InChI is InChI=1S/C20H22FNO4/c1-25-15-4-6-19(26-2)16(11-15)14-7-8-22(12-14)20(24)10-13-3-5-18(23)17(21)9-13/h3-6,9,11,14,23H,7-8,10,12H2,1-2H3. The van der Waals surface area contributed by atoms with Crippen molar-refractivity contribution in [1.29, 1.82) is 0 Å². The molecular weight excluding hydrogens is 337 g/mol. The van der Waals surface area contributed by atoms with Crippen molar-refractivity contribution in [2.45, 2.75) is 18.8 Å². The Morgan fingerprint density at radius 1 is 1.23 bits per heavy atom. The van der Waals surface area contributed by atoms with Gasteiger partial charge >= 0.3 is 0 Å². The molecule has 1 saturated heterocycles. The van der Waals surface area contributed by atoms with Crippen molar-refractivity contribution in [3.05, 3.63) is 53.3 Å². The van der Waals surface area contributed by atoms with E-state index < -0.39 is 11.6 Å². The number of hydrogen-bond acceptors (Lipinski definition) is 4. The number of methoxy groups -OCH3 is 2. The SMILES string of the molecule is COc1ccc(OC)c(C2CCN(C(=O)Cc3ccc(O)c(F)c3)C2)c1. The minimum Gasteiger partial charge on any atom is -0.505 e. The van der Waals surface area contributed by atoms with E-state index in [1.54, 1.807) is 25.2 Å². The Labute approximate surface area is 152 Å². The Bertz CT molecular complexity index is 808. The molecule has 26 heavy (non-hydrogen) atoms. The van der Waals surface area contributed by atoms with Crippen LogP contribution in [0.1, 0.15) is 23.5 Å². The molecule has 0 radical (unpaired) electrons. The molecule has 1 aliphatic rings. The van der Waals surface area contributed by atoms with E-state index >= 15 is 0 Å². The third-order valence-electron chi connectivity index (χ3n) is 4.79. The van der Waals surface area contributed by atoms with Crippen LogP contribution in [0.5, 0.6) is 17.2 Å². The van der Waals surface area contributed by atoms with Gasteiger partial charge in [0.2, 0.25) is 5.91 Å². The van der Waals surface area contributed by atoms with E-state index in [9.17, 15) is 14.3 Å². The molecule has 0 aliphatic carbocycles. The molecule has 0 spiro atoms. The third kappa shape index (κ3) is 3.74. The van der Waals surface area contributed by atoms with Crippen LogP contribution in [0, 0.1) is 5.82 Å². The summed E-state index contributed by atoms with van der Waals surface area (Å²) >= 11 is 0. The smallest absolute Gasteiger partial charge is 0.227 e. The van der Waals surface area contributed by atoms with Gasteiger partial charge in [-0.2, -0.15) is 0 Å². The van der Waals surface area contributed by atoms with Crippen molar-refractivity contribution < 1.29 is 23.8 Å². The molecule has 6 heteroatoms. The topological polar surface area (TPSA) is 59.0 Å². The summed E-state index contributed by atoms with van der Waals surface area (Å²) in [5, 5.41) is 9.25. The van der Waals surface area contributed by atoms with Crippen molar-refractivity contribution >= 4 is 5.91 Å². The summed E-state index contributed by atoms with van der Waals surface area (Å²) in [4.78, 5) is 14.3. The lowest BCUT2D eigenvalue weighted by Crippen LogP contribution is -2.29. The van der Waals surface area contributed by atoms with E-state index in [2.05, 4.69) is 0 Å². The van der Waals surface area contributed by atoms with Gasteiger partial charge in [0, 0.05) is 24.6 Å². The second-order valence-corrected chi connectivity index (χ2v) is 6.40. The number of rotatable bonds is 5. The van der Waals surface area contributed by atoms with Gasteiger partial charge in [-0.15, -0.1) is 0 Å². The number of phenolic OH excluding ortho intramolecular Hbond substituents is 1. The average molecular weight is 359 g/mol. The molecule has 1 heterocycles. The molecule has 0 bridgehead atoms. The molecule has 1 N–H and O–H groups in total. The molecule has 1 atom stereocenters. The molecule has 2 aromatic rings. The molecule has 138 valence electrons. The zero-order valence-corrected chi connectivity index (χ0v) is 14.9. The molecule has 1 unspecified atom stereocenters. The Morgan fingerprint density at radius 3 is 2.73 bits per heavy atom. The second kappa shape index (κ2) is 7.64. The number of phenols is 1. The minimum absolute atomic E-state index is 0.0561. The molecule has 5 nitrogen and oxygen atoms in total. The van der Waals surface area contributed by atoms with Gasteiger partial charge in [-0.25, -0.2) is 4.39 Å². The third-order valence-corrected chi connectivity index (χ3v) is 4.79. The minimum atomic E-state index is -0.712. The number of benzene rings is 2. The first kappa shape index (κ1) is 18.0. The largest absolute Gasteiger partial charge is 0.505 e. The maximum absolute atomic E-state index is 13.4. The number of carbonyl (C=O) groups excluding carboxylic acids is 1. The lowest BCUT2D eigenvalue weighted by molar-refractivity contribution is -0.129. The van der Waals surface area contributed by atoms with Crippen LogP contribution in [-0.2, 0) is 11.2 Å². The normalized spacial score (nSPS) is 16.6. The summed E-state index contributed by atoms with van der Waals surface area (Å²) in [6.07, 6.45) is 0.943. The lowest BCUT2D eigenvalue weighted by atomic mass is 9.97. The first-order valence-corrected chi connectivity index (χ1v) is 8.49. The number of hydrogen-bond donors (Lipinski definition) is 1. The van der Waals surface area contributed by atoms with Crippen LogP contribution in [0.4, 0.5) is 4.39 Å². The molecule has 1 aliphatic heterocycles. The molecular formula is C20H22FNO4. The Balaban J connectivity index is 1.70. The van der Waals surface area contributed by atoms with Gasteiger partial charge in [-0.3, -0.25) is 4.79 Å². The maximum Gasteiger partial charge on any atom is 0.227 e. The van der Waals surface area contributed by atoms with E-state index in [0.717, 1.165) is 23.5 Å². The number of aromatic hydroxyl groups is 1. The van der Waals surface area contributed by atoms with Crippen molar-refractivity contribution in [2.24, 2.45) is 0 Å². The Morgan fingerprint density at radius 2 is 2.04 bits per heavy atom. The monoisotopic (exact) mass is 359 g/mol. The number of ether oxygens (including phenoxy) is 2. The fraction of sp³-hybridized carbons (Fsp3) is 0.350. The molecule has 3 rings (SSSR count). The van der Waals surface area contributed by atoms with Gasteiger partial charge in [0.25, 0.3) is 0 Å². The van der Waals surface area contributed by atoms with Gasteiger partial charge in [-0.1, -0.05) is 6.07 Å². The number of halogens is 1. The number of likely N-dealkylation sites (tertiary alicyclic amines) is 1. The number of carbonyl (C=O) groups is 1. The van der Waals surface area contributed by atoms with E-state index in [1.165, 1.54) is 12.1 Å². The van der Waals surface area contributed by atoms with Crippen molar-refractivity contribution in [3.63, 3.8) is 0 Å². The molecule has 2 aromatic carbocycles. The lowest BCUT2D eigenvalue weighted by Gasteiger charge is -2.18. The van der Waals surface area contributed by atoms with Crippen LogP contribution in [0.3, 0.4) is 0 Å². The highest BCUT2D eigenvalue weighted by Gasteiger charge is 2.29. The van der Waals surface area contributed by atoms with Crippen LogP contribution in [-0.4, -0.2) is 43.2 Å². The zero-order valence-electron chi connectivity index (χ0n) is 14.9. The number of nitrogens with zero attached hydrogens (tertiary/aromatic N) is 1. The first-order chi connectivity index (χ1) is 12.5. The predicted molar refractivity (Wildman–Crippen MR) is 95.3 cm³/mol. The maximum atomic E-state index is 13.4. The van der Waals surface area contributed by atoms with Crippen LogP contribution in [0.2, 0.25) is 0 Å². The van der Waals surface area contributed by atoms with Gasteiger partial charge in [0.15, 0.2) is 11.6 Å². The second-order valence-electron chi connectivity index (χ2n) is 6.40. The highest BCUT2D eigenvalue weighted by molar-refractivity contribution is 5.79. The fourth-order valence-corrected chi connectivity index (χ4v) is 3.35. The van der Waals surface area contributed by atoms with Crippen LogP contribution >= 0.6 is 0 Å². The average Bonchev–Trinajstić information content (AvgIpc) is 3.14.